The van der Waals surface area contributed by atoms with Gasteiger partial charge in [-0.1, -0.05) is 0 Å². The second kappa shape index (κ2) is 10.0. The Kier molecular flexibility index (Phi) is 6.94. The van der Waals surface area contributed by atoms with Crippen molar-refractivity contribution in [2.45, 2.75) is 32.4 Å². The first-order valence-corrected chi connectivity index (χ1v) is 17.4. The number of pyridine rings is 1. The third kappa shape index (κ3) is 5.34. The van der Waals surface area contributed by atoms with Crippen LogP contribution in [0.2, 0.25) is 0 Å². The van der Waals surface area contributed by atoms with E-state index in [-0.39, 0.29) is 5.41 Å². The Morgan fingerprint density at radius 2 is 1.22 bits per heavy atom. The first-order valence-electron chi connectivity index (χ1n) is 12.1. The average Bonchev–Trinajstić information content (AvgIpc) is 2.88. The Morgan fingerprint density at radius 1 is 0.649 bits per heavy atom. The van der Waals surface area contributed by atoms with Gasteiger partial charge in [-0.2, -0.15) is 0 Å². The van der Waals surface area contributed by atoms with Crippen LogP contribution in [-0.4, -0.2) is 26.7 Å². The maximum absolute atomic E-state index is 14.4. The third-order valence-electron chi connectivity index (χ3n) is 6.42. The molecule has 37 heavy (non-hydrogen) atoms. The van der Waals surface area contributed by atoms with E-state index in [1.165, 1.54) is 0 Å². The molecule has 5 aromatic rings. The first-order chi connectivity index (χ1) is 17.6. The van der Waals surface area contributed by atoms with Gasteiger partial charge in [0.15, 0.2) is 0 Å². The molecule has 0 aliphatic heterocycles. The summed E-state index contributed by atoms with van der Waals surface area (Å²) in [5.41, 5.74) is 1.79. The molecule has 0 N–H and O–H groups in total. The molecule has 0 saturated heterocycles. The topological polar surface area (TPSA) is 12.9 Å². The van der Waals surface area contributed by atoms with Gasteiger partial charge in [-0.15, -0.1) is 0 Å². The van der Waals surface area contributed by atoms with Gasteiger partial charge in [0.2, 0.25) is 0 Å². The van der Waals surface area contributed by atoms with E-state index in [4.69, 9.17) is 0 Å². The second-order valence-corrected chi connectivity index (χ2v) is 18.6. The van der Waals surface area contributed by atoms with E-state index in [1.807, 2.05) is 78.9 Å². The van der Waals surface area contributed by atoms with Gasteiger partial charge in [0.05, 0.1) is 0 Å². The Labute approximate surface area is 223 Å². The standard InChI is InChI=1S/C20H17F3N.2C6H5.Bi/c1-19(2,3)17-11-14(10-13-6-4-5-7-16(13)17)18-9-8-15(12-24-18)20(21,22)23;2*1-2-4-6-5-3-1;/h4-7,9-12H,1-3H3;2*1-5H;. The minimum atomic E-state index is -4.49. The third-order valence-corrected chi connectivity index (χ3v) is 16.1. The van der Waals surface area contributed by atoms with E-state index in [9.17, 15) is 13.2 Å². The van der Waals surface area contributed by atoms with Crippen molar-refractivity contribution in [3.63, 3.8) is 0 Å². The Balaban J connectivity index is 1.78. The van der Waals surface area contributed by atoms with Crippen molar-refractivity contribution >= 4 is 42.3 Å². The zero-order valence-corrected chi connectivity index (χ0v) is 24.4. The molecule has 0 unspecified atom stereocenters. The number of fused-ring (bicyclic) bond motifs is 1. The van der Waals surface area contributed by atoms with Gasteiger partial charge >= 0.3 is 225 Å². The number of hydrogen-bond donors (Lipinski definition) is 0. The number of benzene rings is 4. The molecule has 0 spiro atoms. The zero-order chi connectivity index (χ0) is 26.2. The van der Waals surface area contributed by atoms with Gasteiger partial charge < -0.3 is 0 Å². The summed E-state index contributed by atoms with van der Waals surface area (Å²) in [5.74, 6) is 0. The van der Waals surface area contributed by atoms with Crippen molar-refractivity contribution in [2.24, 2.45) is 0 Å². The van der Waals surface area contributed by atoms with Gasteiger partial charge in [-0.05, 0) is 0 Å². The van der Waals surface area contributed by atoms with Crippen molar-refractivity contribution in [1.82, 2.24) is 4.98 Å². The predicted octanol–water partition coefficient (Wildman–Crippen LogP) is 6.73. The number of aromatic nitrogens is 1. The van der Waals surface area contributed by atoms with Crippen molar-refractivity contribution in [2.75, 3.05) is 0 Å². The van der Waals surface area contributed by atoms with E-state index in [2.05, 4.69) is 44.0 Å². The molecule has 0 radical (unpaired) electrons. The Hall–Kier alpha value is -3.04. The molecule has 0 saturated carbocycles. The average molecular weight is 692 g/mol. The van der Waals surface area contributed by atoms with Crippen LogP contribution in [0.4, 0.5) is 13.2 Å². The molecule has 0 aliphatic rings. The van der Waals surface area contributed by atoms with Gasteiger partial charge in [0.25, 0.3) is 0 Å². The van der Waals surface area contributed by atoms with E-state index < -0.39 is 33.5 Å². The number of hydrogen-bond acceptors (Lipinski definition) is 1. The zero-order valence-electron chi connectivity index (χ0n) is 20.9. The van der Waals surface area contributed by atoms with E-state index >= 15 is 0 Å². The molecule has 0 aliphatic carbocycles. The number of rotatable bonds is 4. The van der Waals surface area contributed by atoms with E-state index in [1.54, 1.807) is 6.07 Å². The van der Waals surface area contributed by atoms with Gasteiger partial charge in [-0.3, -0.25) is 0 Å². The molecule has 186 valence electrons. The fourth-order valence-electron chi connectivity index (χ4n) is 4.67. The van der Waals surface area contributed by atoms with E-state index in [0.717, 1.165) is 34.6 Å². The summed E-state index contributed by atoms with van der Waals surface area (Å²) in [7, 11) is 0. The van der Waals surface area contributed by atoms with Crippen LogP contribution in [0, 0.1) is 0 Å². The number of halogens is 3. The summed E-state index contributed by atoms with van der Waals surface area (Å²) >= 11 is -3.32. The molecule has 1 aromatic heterocycles. The van der Waals surface area contributed by atoms with Crippen LogP contribution in [-0.2, 0) is 11.6 Å². The summed E-state index contributed by atoms with van der Waals surface area (Å²) in [5, 5.41) is 2.20. The van der Waals surface area contributed by atoms with Crippen LogP contribution in [0.3, 0.4) is 0 Å². The molecule has 0 bridgehead atoms. The SMILES string of the molecule is CC(C)(C)c1cc(-c2c[c]([Bi]([c]3ccccc3)[c]3ccccc3)c(C(F)(F)F)cn2)cc2ccccc12. The van der Waals surface area contributed by atoms with Crippen molar-refractivity contribution < 1.29 is 13.2 Å². The molecular formula is C32H27BiF3N. The van der Waals surface area contributed by atoms with Gasteiger partial charge in [-0.25, -0.2) is 0 Å². The Bertz CT molecular complexity index is 1500. The quantitative estimate of drug-likeness (QED) is 0.191. The van der Waals surface area contributed by atoms with Crippen LogP contribution in [0.5, 0.6) is 0 Å². The fraction of sp³-hybridized carbons (Fsp3) is 0.156. The molecule has 1 nitrogen and oxygen atoms in total. The number of alkyl halides is 3. The summed E-state index contributed by atoms with van der Waals surface area (Å²) in [6.45, 7) is 6.46. The first kappa shape index (κ1) is 25.6. The summed E-state index contributed by atoms with van der Waals surface area (Å²) < 4.78 is 45.6. The molecule has 4 aromatic carbocycles. The minimum absolute atomic E-state index is 0.139. The predicted molar refractivity (Wildman–Crippen MR) is 148 cm³/mol. The summed E-state index contributed by atoms with van der Waals surface area (Å²) in [6.07, 6.45) is -3.44. The molecule has 5 rings (SSSR count). The van der Waals surface area contributed by atoms with Crippen molar-refractivity contribution in [1.29, 1.82) is 0 Å². The monoisotopic (exact) mass is 691 g/mol. The molecule has 5 heteroatoms. The van der Waals surface area contributed by atoms with Crippen LogP contribution >= 0.6 is 0 Å². The van der Waals surface area contributed by atoms with Crippen molar-refractivity contribution in [3.8, 4) is 11.3 Å². The maximum atomic E-state index is 14.4. The summed E-state index contributed by atoms with van der Waals surface area (Å²) in [4.78, 5) is 4.39. The van der Waals surface area contributed by atoms with Crippen LogP contribution < -0.4 is 9.81 Å². The second-order valence-electron chi connectivity index (χ2n) is 10.1. The molecule has 0 atom stereocenters. The van der Waals surface area contributed by atoms with Crippen LogP contribution in [0.15, 0.2) is 109 Å². The number of nitrogens with zero attached hydrogens (tertiary/aromatic N) is 1. The molecule has 1 heterocycles. The molecule has 0 amide bonds. The normalized spacial score (nSPS) is 12.3. The van der Waals surface area contributed by atoms with Crippen molar-refractivity contribution in [3.05, 3.63) is 120 Å². The summed E-state index contributed by atoms with van der Waals surface area (Å²) in [6, 6.07) is 33.3. The Morgan fingerprint density at radius 3 is 1.78 bits per heavy atom. The van der Waals surface area contributed by atoms with E-state index in [0.29, 0.717) is 8.97 Å². The van der Waals surface area contributed by atoms with Gasteiger partial charge in [0, 0.05) is 0 Å². The van der Waals surface area contributed by atoms with Gasteiger partial charge in [0.1, 0.15) is 0 Å². The molecular weight excluding hydrogens is 664 g/mol. The van der Waals surface area contributed by atoms with Crippen LogP contribution in [0.1, 0.15) is 31.9 Å². The van der Waals surface area contributed by atoms with Crippen LogP contribution in [0.25, 0.3) is 22.0 Å². The fourth-order valence-corrected chi connectivity index (χ4v) is 14.3. The molecule has 0 fully saturated rings.